The molecule has 2 rings (SSSR count). The summed E-state index contributed by atoms with van der Waals surface area (Å²) in [6.07, 6.45) is 0. The van der Waals surface area contributed by atoms with Crippen molar-refractivity contribution in [3.63, 3.8) is 0 Å². The predicted molar refractivity (Wildman–Crippen MR) is 95.9 cm³/mol. The zero-order valence-electron chi connectivity index (χ0n) is 15.7. The van der Waals surface area contributed by atoms with Crippen LogP contribution in [0.5, 0.6) is 5.75 Å². The number of carbonyl (C=O) groups is 1. The van der Waals surface area contributed by atoms with Crippen LogP contribution < -0.4 is 4.74 Å². The highest BCUT2D eigenvalue weighted by atomic mass is 19.1. The van der Waals surface area contributed by atoms with Crippen molar-refractivity contribution in [1.82, 2.24) is 0 Å². The number of rotatable bonds is 2. The third-order valence-electron chi connectivity index (χ3n) is 2.96. The Morgan fingerprint density at radius 3 is 1.80 bits per heavy atom. The molecule has 0 fully saturated rings. The van der Waals surface area contributed by atoms with Crippen molar-refractivity contribution >= 4 is 5.97 Å². The summed E-state index contributed by atoms with van der Waals surface area (Å²) in [6, 6.07) is 9.66. The summed E-state index contributed by atoms with van der Waals surface area (Å²) in [7, 11) is 1.68. The zero-order chi connectivity index (χ0) is 19.4. The van der Waals surface area contributed by atoms with Crippen LogP contribution in [0.25, 0.3) is 0 Å². The first-order valence-electron chi connectivity index (χ1n) is 7.87. The molecule has 0 spiro atoms. The fraction of sp³-hybridized carbons (Fsp3) is 0.350. The minimum Gasteiger partial charge on any atom is -0.424 e. The number of hydrogen-bond donors (Lipinski definition) is 0. The van der Waals surface area contributed by atoms with Gasteiger partial charge in [0, 0.05) is 20.6 Å². The number of methoxy groups -OCH3 is 1. The second-order valence-corrected chi connectivity index (χ2v) is 5.36. The van der Waals surface area contributed by atoms with E-state index in [9.17, 15) is 13.6 Å². The first-order chi connectivity index (χ1) is 11.7. The van der Waals surface area contributed by atoms with E-state index in [0.29, 0.717) is 5.56 Å². The molecule has 2 aromatic rings. The lowest BCUT2D eigenvalue weighted by Gasteiger charge is -2.02. The van der Waals surface area contributed by atoms with Crippen molar-refractivity contribution in [1.29, 1.82) is 0 Å². The van der Waals surface area contributed by atoms with E-state index < -0.39 is 11.8 Å². The summed E-state index contributed by atoms with van der Waals surface area (Å²) in [4.78, 5) is 10.5. The fourth-order valence-corrected chi connectivity index (χ4v) is 1.54. The van der Waals surface area contributed by atoms with Crippen LogP contribution in [0.4, 0.5) is 8.78 Å². The maximum absolute atomic E-state index is 12.9. The molecule has 0 bridgehead atoms. The van der Waals surface area contributed by atoms with Crippen LogP contribution >= 0.6 is 0 Å². The van der Waals surface area contributed by atoms with Crippen LogP contribution in [0.1, 0.15) is 30.5 Å². The van der Waals surface area contributed by atoms with E-state index in [1.807, 2.05) is 19.9 Å². The standard InChI is InChI=1S/C9H9FO2.C8H9F.C3H8O/c1-6-3-4-9(8(10)5-6)12-7(2)11;1-6-3-4-7(2)8(9)5-6;1-3-4-2/h3-5H,1-2H3;3-5H,1-2H3;3H2,1-2H3. The summed E-state index contributed by atoms with van der Waals surface area (Å²) in [5.74, 6) is -1.16. The van der Waals surface area contributed by atoms with E-state index >= 15 is 0 Å². The van der Waals surface area contributed by atoms with Gasteiger partial charge in [-0.1, -0.05) is 18.2 Å². The zero-order valence-corrected chi connectivity index (χ0v) is 15.7. The van der Waals surface area contributed by atoms with Crippen LogP contribution in [0, 0.1) is 32.4 Å². The van der Waals surface area contributed by atoms with Gasteiger partial charge in [0.1, 0.15) is 5.82 Å². The highest BCUT2D eigenvalue weighted by molar-refractivity contribution is 5.69. The van der Waals surface area contributed by atoms with Gasteiger partial charge in [-0.25, -0.2) is 8.78 Å². The van der Waals surface area contributed by atoms with Gasteiger partial charge >= 0.3 is 5.97 Å². The van der Waals surface area contributed by atoms with E-state index in [0.717, 1.165) is 17.7 Å². The molecule has 0 aliphatic heterocycles. The summed E-state index contributed by atoms with van der Waals surface area (Å²) in [5, 5.41) is 0. The molecule has 138 valence electrons. The van der Waals surface area contributed by atoms with Gasteiger partial charge in [0.2, 0.25) is 0 Å². The minimum absolute atomic E-state index is 0.0203. The molecule has 0 N–H and O–H groups in total. The SMILES string of the molecule is CC(=O)Oc1ccc(C)cc1F.CCOC.Cc1ccc(C)c(F)c1. The number of carbonyl (C=O) groups excluding carboxylic acids is 1. The molecule has 0 aliphatic rings. The summed E-state index contributed by atoms with van der Waals surface area (Å²) in [5.41, 5.74) is 2.47. The van der Waals surface area contributed by atoms with Crippen LogP contribution in [-0.2, 0) is 9.53 Å². The third-order valence-corrected chi connectivity index (χ3v) is 2.96. The largest absolute Gasteiger partial charge is 0.424 e. The Kier molecular flexibility index (Phi) is 11.0. The molecule has 0 unspecified atom stereocenters. The van der Waals surface area contributed by atoms with E-state index in [2.05, 4.69) is 9.47 Å². The second kappa shape index (κ2) is 12.1. The Morgan fingerprint density at radius 1 is 0.960 bits per heavy atom. The van der Waals surface area contributed by atoms with Gasteiger partial charge in [-0.3, -0.25) is 4.79 Å². The lowest BCUT2D eigenvalue weighted by Crippen LogP contribution is -2.02. The molecule has 0 radical (unpaired) electrons. The van der Waals surface area contributed by atoms with Crippen molar-refractivity contribution in [2.75, 3.05) is 13.7 Å². The monoisotopic (exact) mass is 352 g/mol. The molecule has 0 saturated heterocycles. The molecule has 25 heavy (non-hydrogen) atoms. The van der Waals surface area contributed by atoms with E-state index in [1.54, 1.807) is 33.1 Å². The average molecular weight is 352 g/mol. The molecular formula is C20H26F2O3. The number of benzene rings is 2. The second-order valence-electron chi connectivity index (χ2n) is 5.36. The van der Waals surface area contributed by atoms with Crippen LogP contribution in [0.2, 0.25) is 0 Å². The summed E-state index contributed by atoms with van der Waals surface area (Å²) in [6.45, 7) is 9.41. The normalized spacial score (nSPS) is 9.28. The average Bonchev–Trinajstić information content (AvgIpc) is 2.54. The maximum atomic E-state index is 12.9. The number of hydrogen-bond acceptors (Lipinski definition) is 3. The van der Waals surface area contributed by atoms with Crippen molar-refractivity contribution < 1.29 is 23.0 Å². The van der Waals surface area contributed by atoms with Crippen LogP contribution in [0.15, 0.2) is 36.4 Å². The van der Waals surface area contributed by atoms with Gasteiger partial charge in [-0.2, -0.15) is 0 Å². The molecule has 5 heteroatoms. The van der Waals surface area contributed by atoms with E-state index in [-0.39, 0.29) is 11.6 Å². The highest BCUT2D eigenvalue weighted by Crippen LogP contribution is 2.17. The third kappa shape index (κ3) is 10.2. The van der Waals surface area contributed by atoms with Crippen LogP contribution in [0.3, 0.4) is 0 Å². The van der Waals surface area contributed by atoms with E-state index in [1.165, 1.54) is 25.1 Å². The lowest BCUT2D eigenvalue weighted by atomic mass is 10.2. The highest BCUT2D eigenvalue weighted by Gasteiger charge is 2.04. The van der Waals surface area contributed by atoms with E-state index in [4.69, 9.17) is 0 Å². The van der Waals surface area contributed by atoms with Gasteiger partial charge in [0.25, 0.3) is 0 Å². The molecule has 0 aliphatic carbocycles. The van der Waals surface area contributed by atoms with Gasteiger partial charge in [0.05, 0.1) is 0 Å². The quantitative estimate of drug-likeness (QED) is 0.553. The molecule has 2 aromatic carbocycles. The smallest absolute Gasteiger partial charge is 0.308 e. The Labute approximate surface area is 148 Å². The molecule has 3 nitrogen and oxygen atoms in total. The molecule has 0 aromatic heterocycles. The summed E-state index contributed by atoms with van der Waals surface area (Å²) < 4.78 is 34.6. The van der Waals surface area contributed by atoms with Crippen molar-refractivity contribution in [2.45, 2.75) is 34.6 Å². The molecular weight excluding hydrogens is 326 g/mol. The lowest BCUT2D eigenvalue weighted by molar-refractivity contribution is -0.132. The molecule has 0 atom stereocenters. The number of halogens is 2. The van der Waals surface area contributed by atoms with Gasteiger partial charge in [-0.05, 0) is 62.6 Å². The van der Waals surface area contributed by atoms with Gasteiger partial charge in [0.15, 0.2) is 11.6 Å². The Balaban J connectivity index is 0.000000391. The topological polar surface area (TPSA) is 35.5 Å². The molecule has 0 amide bonds. The predicted octanol–water partition coefficient (Wildman–Crippen LogP) is 5.15. The Morgan fingerprint density at radius 2 is 1.44 bits per heavy atom. The first-order valence-corrected chi connectivity index (χ1v) is 7.87. The minimum atomic E-state index is -0.516. The maximum Gasteiger partial charge on any atom is 0.308 e. The van der Waals surface area contributed by atoms with Crippen LogP contribution in [-0.4, -0.2) is 19.7 Å². The van der Waals surface area contributed by atoms with Crippen molar-refractivity contribution in [2.24, 2.45) is 0 Å². The number of esters is 1. The van der Waals surface area contributed by atoms with Gasteiger partial charge in [-0.15, -0.1) is 0 Å². The Bertz CT molecular complexity index is 668. The molecule has 0 heterocycles. The fourth-order valence-electron chi connectivity index (χ4n) is 1.54. The first kappa shape index (κ1) is 22.7. The van der Waals surface area contributed by atoms with Gasteiger partial charge < -0.3 is 9.47 Å². The number of ether oxygens (including phenoxy) is 2. The van der Waals surface area contributed by atoms with Crippen molar-refractivity contribution in [3.05, 3.63) is 64.7 Å². The van der Waals surface area contributed by atoms with Crippen molar-refractivity contribution in [3.8, 4) is 5.75 Å². The molecule has 0 saturated carbocycles. The number of aryl methyl sites for hydroxylation is 3. The summed E-state index contributed by atoms with van der Waals surface area (Å²) >= 11 is 0. The Hall–Kier alpha value is -2.27.